The van der Waals surface area contributed by atoms with Gasteiger partial charge in [0, 0.05) is 12.8 Å². The first-order valence-corrected chi connectivity index (χ1v) is 36.6. The molecular weight excluding hydrogens is 983 g/mol. The predicted molar refractivity (Wildman–Crippen MR) is 352 cm³/mol. The van der Waals surface area contributed by atoms with Crippen molar-refractivity contribution in [3.63, 3.8) is 0 Å². The topological polar surface area (TPSA) is 95.9 Å². The van der Waals surface area contributed by atoms with Crippen molar-refractivity contribution in [2.75, 3.05) is 13.2 Å². The molecule has 2 unspecified atom stereocenters. The molecule has 0 spiro atoms. The second-order valence-electron chi connectivity index (χ2n) is 25.3. The van der Waals surface area contributed by atoms with E-state index in [-0.39, 0.29) is 18.5 Å². The number of rotatable bonds is 69. The van der Waals surface area contributed by atoms with E-state index < -0.39 is 12.1 Å². The Labute approximate surface area is 501 Å². The molecule has 6 nitrogen and oxygen atoms in total. The lowest BCUT2D eigenvalue weighted by Gasteiger charge is -2.20. The molecule has 2 atom stereocenters. The number of carbonyl (C=O) groups excluding carboxylic acids is 2. The molecule has 474 valence electrons. The summed E-state index contributed by atoms with van der Waals surface area (Å²) in [5, 5.41) is 23.2. The molecule has 0 bridgehead atoms. The Bertz CT molecular complexity index is 1250. The van der Waals surface area contributed by atoms with Crippen LogP contribution in [0, 0.1) is 0 Å². The Morgan fingerprint density at radius 1 is 0.338 bits per heavy atom. The van der Waals surface area contributed by atoms with Crippen LogP contribution in [-0.4, -0.2) is 47.4 Å². The second kappa shape index (κ2) is 69.8. The van der Waals surface area contributed by atoms with E-state index in [1.165, 1.54) is 340 Å². The van der Waals surface area contributed by atoms with Crippen molar-refractivity contribution in [3.8, 4) is 0 Å². The van der Waals surface area contributed by atoms with Crippen LogP contribution in [0.1, 0.15) is 412 Å². The number of esters is 1. The van der Waals surface area contributed by atoms with E-state index in [2.05, 4.69) is 31.3 Å². The number of hydrogen-bond acceptors (Lipinski definition) is 5. The maximum Gasteiger partial charge on any atom is 0.305 e. The van der Waals surface area contributed by atoms with E-state index in [0.29, 0.717) is 19.4 Å². The molecule has 0 aromatic heterocycles. The molecule has 0 aromatic carbocycles. The number of allylic oxidation sites excluding steroid dienone is 3. The smallest absolute Gasteiger partial charge is 0.305 e. The molecule has 0 fully saturated rings. The van der Waals surface area contributed by atoms with Gasteiger partial charge in [-0.05, 0) is 57.8 Å². The molecule has 1 amide bonds. The highest BCUT2D eigenvalue weighted by Crippen LogP contribution is 2.19. The summed E-state index contributed by atoms with van der Waals surface area (Å²) >= 11 is 0. The van der Waals surface area contributed by atoms with Crippen LogP contribution in [0.3, 0.4) is 0 Å². The number of nitrogens with one attached hydrogen (secondary N) is 1. The molecule has 0 radical (unpaired) electrons. The van der Waals surface area contributed by atoms with Gasteiger partial charge < -0.3 is 20.3 Å². The highest BCUT2D eigenvalue weighted by atomic mass is 16.5. The number of aliphatic hydroxyl groups is 2. The summed E-state index contributed by atoms with van der Waals surface area (Å²) in [5.41, 5.74) is 0. The predicted octanol–water partition coefficient (Wildman–Crippen LogP) is 23.7. The minimum atomic E-state index is -0.840. The summed E-state index contributed by atoms with van der Waals surface area (Å²) in [5.74, 6) is -0.0463. The average Bonchev–Trinajstić information content (AvgIpc) is 3.46. The lowest BCUT2D eigenvalue weighted by Crippen LogP contribution is -2.45. The van der Waals surface area contributed by atoms with Gasteiger partial charge in [0.1, 0.15) is 0 Å². The summed E-state index contributed by atoms with van der Waals surface area (Å²) in [4.78, 5) is 24.5. The normalized spacial score (nSPS) is 12.6. The molecule has 0 rings (SSSR count). The van der Waals surface area contributed by atoms with Gasteiger partial charge >= 0.3 is 5.97 Å². The van der Waals surface area contributed by atoms with Crippen molar-refractivity contribution in [2.45, 2.75) is 424 Å². The van der Waals surface area contributed by atoms with E-state index >= 15 is 0 Å². The number of unbranched alkanes of at least 4 members (excludes halogenated alkanes) is 56. The van der Waals surface area contributed by atoms with E-state index in [9.17, 15) is 19.8 Å². The first-order valence-electron chi connectivity index (χ1n) is 36.6. The van der Waals surface area contributed by atoms with Crippen LogP contribution in [0.4, 0.5) is 0 Å². The molecular formula is C74H143NO5. The number of ether oxygens (including phenoxy) is 1. The van der Waals surface area contributed by atoms with Gasteiger partial charge in [-0.1, -0.05) is 366 Å². The number of aliphatic hydroxyl groups excluding tert-OH is 2. The minimum Gasteiger partial charge on any atom is -0.466 e. The molecule has 0 heterocycles. The highest BCUT2D eigenvalue weighted by molar-refractivity contribution is 5.76. The molecule has 0 saturated carbocycles. The third-order valence-corrected chi connectivity index (χ3v) is 17.2. The lowest BCUT2D eigenvalue weighted by atomic mass is 10.0. The van der Waals surface area contributed by atoms with Gasteiger partial charge in [0.15, 0.2) is 0 Å². The quantitative estimate of drug-likeness (QED) is 0.0320. The summed E-state index contributed by atoms with van der Waals surface area (Å²) < 4.78 is 5.49. The monoisotopic (exact) mass is 1130 g/mol. The highest BCUT2D eigenvalue weighted by Gasteiger charge is 2.18. The summed E-state index contributed by atoms with van der Waals surface area (Å²) in [6.45, 7) is 4.92. The van der Waals surface area contributed by atoms with Crippen molar-refractivity contribution < 1.29 is 24.5 Å². The molecule has 0 aromatic rings. The van der Waals surface area contributed by atoms with Crippen LogP contribution >= 0.6 is 0 Å². The Morgan fingerprint density at radius 2 is 0.588 bits per heavy atom. The van der Waals surface area contributed by atoms with Gasteiger partial charge in [-0.25, -0.2) is 0 Å². The fraction of sp³-hybridized carbons (Fsp3) is 0.919. The summed E-state index contributed by atoms with van der Waals surface area (Å²) in [6, 6.07) is -0.623. The third-order valence-electron chi connectivity index (χ3n) is 17.2. The Morgan fingerprint density at radius 3 is 0.900 bits per heavy atom. The fourth-order valence-corrected chi connectivity index (χ4v) is 11.6. The lowest BCUT2D eigenvalue weighted by molar-refractivity contribution is -0.143. The maximum atomic E-state index is 12.5. The standard InChI is InChI=1S/C74H143NO5/c1-3-5-7-9-11-13-15-17-39-43-46-50-54-58-62-66-72(77)71(70-76)75-73(78)67-63-59-55-51-47-44-40-37-35-33-31-29-27-25-23-21-19-18-20-22-24-26-28-30-32-34-36-38-41-45-49-53-57-61-65-69-80-74(79)68-64-60-56-52-48-42-16-14-12-10-8-6-4-2/h14,16,62,66,71-72,76-77H,3-13,15,17-61,63-65,67-70H2,1-2H3,(H,75,78)/b16-14-,66-62+. The molecule has 0 aliphatic heterocycles. The summed E-state index contributed by atoms with van der Waals surface area (Å²) in [6.07, 6.45) is 88.6. The summed E-state index contributed by atoms with van der Waals surface area (Å²) in [7, 11) is 0. The largest absolute Gasteiger partial charge is 0.466 e. The molecule has 0 aliphatic carbocycles. The van der Waals surface area contributed by atoms with Crippen LogP contribution in [0.15, 0.2) is 24.3 Å². The molecule has 3 N–H and O–H groups in total. The van der Waals surface area contributed by atoms with Gasteiger partial charge in [-0.15, -0.1) is 0 Å². The number of amides is 1. The van der Waals surface area contributed by atoms with Gasteiger partial charge in [0.2, 0.25) is 5.91 Å². The minimum absolute atomic E-state index is 0.0136. The van der Waals surface area contributed by atoms with Gasteiger partial charge in [-0.3, -0.25) is 9.59 Å². The van der Waals surface area contributed by atoms with Crippen LogP contribution in [-0.2, 0) is 14.3 Å². The van der Waals surface area contributed by atoms with Gasteiger partial charge in [0.05, 0.1) is 25.4 Å². The van der Waals surface area contributed by atoms with Crippen molar-refractivity contribution in [1.29, 1.82) is 0 Å². The average molecular weight is 1130 g/mol. The van der Waals surface area contributed by atoms with E-state index in [1.807, 2.05) is 6.08 Å². The van der Waals surface area contributed by atoms with Crippen molar-refractivity contribution >= 4 is 11.9 Å². The van der Waals surface area contributed by atoms with Crippen molar-refractivity contribution in [2.24, 2.45) is 0 Å². The first-order chi connectivity index (χ1) is 39.5. The van der Waals surface area contributed by atoms with Gasteiger partial charge in [-0.2, -0.15) is 0 Å². The zero-order valence-corrected chi connectivity index (χ0v) is 54.3. The zero-order valence-electron chi connectivity index (χ0n) is 54.3. The number of hydrogen-bond donors (Lipinski definition) is 3. The Kier molecular flexibility index (Phi) is 68.4. The van der Waals surface area contributed by atoms with Crippen molar-refractivity contribution in [3.05, 3.63) is 24.3 Å². The Balaban J connectivity index is 3.31. The van der Waals surface area contributed by atoms with E-state index in [0.717, 1.165) is 44.9 Å². The van der Waals surface area contributed by atoms with Crippen LogP contribution in [0.2, 0.25) is 0 Å². The van der Waals surface area contributed by atoms with E-state index in [4.69, 9.17) is 4.74 Å². The molecule has 80 heavy (non-hydrogen) atoms. The second-order valence-corrected chi connectivity index (χ2v) is 25.3. The van der Waals surface area contributed by atoms with Crippen LogP contribution < -0.4 is 5.32 Å². The Hall–Kier alpha value is -1.66. The molecule has 0 aliphatic rings. The molecule has 0 saturated heterocycles. The fourth-order valence-electron chi connectivity index (χ4n) is 11.6. The van der Waals surface area contributed by atoms with Crippen LogP contribution in [0.5, 0.6) is 0 Å². The van der Waals surface area contributed by atoms with Crippen molar-refractivity contribution in [1.82, 2.24) is 5.32 Å². The number of carbonyl (C=O) groups is 2. The first kappa shape index (κ1) is 78.3. The zero-order chi connectivity index (χ0) is 57.8. The van der Waals surface area contributed by atoms with Gasteiger partial charge in [0.25, 0.3) is 0 Å². The maximum absolute atomic E-state index is 12.5. The molecule has 6 heteroatoms. The SMILES string of the molecule is CCCCCC/C=C\CCCCCCCC(=O)OCCCCCCCCCCCCCCCCCCCCCCCCCCCCCCCCCCCCCC(=O)NC(CO)C(O)/C=C/CCCCCCCCCCCCCCC. The third kappa shape index (κ3) is 65.5. The van der Waals surface area contributed by atoms with Crippen LogP contribution in [0.25, 0.3) is 0 Å². The van der Waals surface area contributed by atoms with E-state index in [1.54, 1.807) is 6.08 Å².